The van der Waals surface area contributed by atoms with Crippen LogP contribution in [0.4, 0.5) is 11.4 Å². The summed E-state index contributed by atoms with van der Waals surface area (Å²) in [5, 5.41) is 0.476. The van der Waals surface area contributed by atoms with Crippen molar-refractivity contribution in [2.45, 2.75) is 4.90 Å². The maximum absolute atomic E-state index is 12.2. The van der Waals surface area contributed by atoms with Crippen LogP contribution in [0.1, 0.15) is 0 Å². The van der Waals surface area contributed by atoms with Gasteiger partial charge in [0.2, 0.25) is 0 Å². The van der Waals surface area contributed by atoms with Gasteiger partial charge in [-0.2, -0.15) is 0 Å². The molecule has 0 bridgehead atoms. The molecular formula is C12H10BrClN2O2S. The Labute approximate surface area is 124 Å². The van der Waals surface area contributed by atoms with Crippen LogP contribution in [0.15, 0.2) is 51.8 Å². The Balaban J connectivity index is 2.36. The Morgan fingerprint density at radius 1 is 1.11 bits per heavy atom. The van der Waals surface area contributed by atoms with Crippen molar-refractivity contribution in [1.82, 2.24) is 0 Å². The number of rotatable bonds is 3. The largest absolute Gasteiger partial charge is 0.399 e. The summed E-state index contributed by atoms with van der Waals surface area (Å²) in [5.41, 5.74) is 6.49. The molecule has 0 fully saturated rings. The predicted octanol–water partition coefficient (Wildman–Crippen LogP) is 3.49. The maximum Gasteiger partial charge on any atom is 0.261 e. The molecule has 0 amide bonds. The molecule has 7 heteroatoms. The van der Waals surface area contributed by atoms with E-state index < -0.39 is 10.0 Å². The molecule has 0 saturated carbocycles. The van der Waals surface area contributed by atoms with Gasteiger partial charge >= 0.3 is 0 Å². The standard InChI is InChI=1S/C12H10BrClN2O2S/c13-11-6-3-9(15)7-12(11)16-19(17,18)10-4-1-8(14)2-5-10/h1-7,16H,15H2. The van der Waals surface area contributed by atoms with Crippen LogP contribution in [0, 0.1) is 0 Å². The highest BCUT2D eigenvalue weighted by atomic mass is 79.9. The van der Waals surface area contributed by atoms with Crippen LogP contribution in [0.3, 0.4) is 0 Å². The van der Waals surface area contributed by atoms with Crippen molar-refractivity contribution in [1.29, 1.82) is 0 Å². The first kappa shape index (κ1) is 14.2. The zero-order chi connectivity index (χ0) is 14.0. The van der Waals surface area contributed by atoms with Crippen LogP contribution in [0.2, 0.25) is 5.02 Å². The van der Waals surface area contributed by atoms with Crippen molar-refractivity contribution in [3.8, 4) is 0 Å². The van der Waals surface area contributed by atoms with E-state index in [1.54, 1.807) is 12.1 Å². The van der Waals surface area contributed by atoms with E-state index >= 15 is 0 Å². The van der Waals surface area contributed by atoms with Crippen molar-refractivity contribution in [2.24, 2.45) is 0 Å². The van der Waals surface area contributed by atoms with Gasteiger partial charge in [0.05, 0.1) is 10.6 Å². The third-order valence-electron chi connectivity index (χ3n) is 2.36. The lowest BCUT2D eigenvalue weighted by atomic mass is 10.3. The molecule has 0 aliphatic heterocycles. The molecule has 2 aromatic rings. The highest BCUT2D eigenvalue weighted by molar-refractivity contribution is 9.10. The van der Waals surface area contributed by atoms with E-state index in [0.717, 1.165) is 0 Å². The van der Waals surface area contributed by atoms with Crippen molar-refractivity contribution in [2.75, 3.05) is 10.5 Å². The lowest BCUT2D eigenvalue weighted by Gasteiger charge is -2.10. The lowest BCUT2D eigenvalue weighted by Crippen LogP contribution is -2.13. The number of hydrogen-bond acceptors (Lipinski definition) is 3. The van der Waals surface area contributed by atoms with Crippen molar-refractivity contribution in [3.63, 3.8) is 0 Å². The van der Waals surface area contributed by atoms with Gasteiger partial charge in [0, 0.05) is 15.2 Å². The summed E-state index contributed by atoms with van der Waals surface area (Å²) >= 11 is 8.99. The van der Waals surface area contributed by atoms with E-state index in [4.69, 9.17) is 17.3 Å². The summed E-state index contributed by atoms with van der Waals surface area (Å²) in [5.74, 6) is 0. The maximum atomic E-state index is 12.2. The first-order valence-corrected chi connectivity index (χ1v) is 7.87. The molecule has 0 radical (unpaired) electrons. The molecule has 2 aromatic carbocycles. The summed E-state index contributed by atoms with van der Waals surface area (Å²) in [4.78, 5) is 0.131. The van der Waals surface area contributed by atoms with Gasteiger partial charge in [0.1, 0.15) is 0 Å². The van der Waals surface area contributed by atoms with Crippen LogP contribution in [-0.4, -0.2) is 8.42 Å². The Morgan fingerprint density at radius 2 is 1.74 bits per heavy atom. The lowest BCUT2D eigenvalue weighted by molar-refractivity contribution is 0.601. The molecule has 0 spiro atoms. The number of hydrogen-bond donors (Lipinski definition) is 2. The minimum absolute atomic E-state index is 0.131. The van der Waals surface area contributed by atoms with Crippen LogP contribution in [-0.2, 0) is 10.0 Å². The normalized spacial score (nSPS) is 11.3. The molecule has 3 N–H and O–H groups in total. The molecule has 4 nitrogen and oxygen atoms in total. The number of nitrogen functional groups attached to an aromatic ring is 1. The summed E-state index contributed by atoms with van der Waals surface area (Å²) in [6, 6.07) is 10.8. The predicted molar refractivity (Wildman–Crippen MR) is 80.8 cm³/mol. The Kier molecular flexibility index (Phi) is 4.03. The summed E-state index contributed by atoms with van der Waals surface area (Å²) < 4.78 is 27.4. The summed E-state index contributed by atoms with van der Waals surface area (Å²) in [6.45, 7) is 0. The molecule has 0 aliphatic rings. The third kappa shape index (κ3) is 3.40. The molecule has 0 atom stereocenters. The van der Waals surface area contributed by atoms with Gasteiger partial charge in [0.25, 0.3) is 10.0 Å². The van der Waals surface area contributed by atoms with Crippen LogP contribution in [0.5, 0.6) is 0 Å². The van der Waals surface area contributed by atoms with Gasteiger partial charge < -0.3 is 5.73 Å². The highest BCUT2D eigenvalue weighted by Crippen LogP contribution is 2.27. The number of sulfonamides is 1. The first-order valence-electron chi connectivity index (χ1n) is 5.22. The monoisotopic (exact) mass is 360 g/mol. The Hall–Kier alpha value is -1.24. The third-order valence-corrected chi connectivity index (χ3v) is 4.68. The average molecular weight is 362 g/mol. The van der Waals surface area contributed by atoms with Gasteiger partial charge in [-0.1, -0.05) is 11.6 Å². The Bertz CT molecular complexity index is 702. The minimum Gasteiger partial charge on any atom is -0.399 e. The van der Waals surface area contributed by atoms with Crippen molar-refractivity contribution in [3.05, 3.63) is 52.0 Å². The fourth-order valence-corrected chi connectivity index (χ4v) is 3.11. The second-order valence-corrected chi connectivity index (χ2v) is 6.77. The van der Waals surface area contributed by atoms with E-state index in [9.17, 15) is 8.42 Å². The van der Waals surface area contributed by atoms with Crippen molar-refractivity contribution < 1.29 is 8.42 Å². The first-order chi connectivity index (χ1) is 8.88. The van der Waals surface area contributed by atoms with Crippen LogP contribution < -0.4 is 10.5 Å². The number of halogens is 2. The van der Waals surface area contributed by atoms with Gasteiger partial charge in [-0.05, 0) is 58.4 Å². The molecule has 100 valence electrons. The zero-order valence-electron chi connectivity index (χ0n) is 9.60. The molecule has 2 rings (SSSR count). The van der Waals surface area contributed by atoms with Gasteiger partial charge in [0.15, 0.2) is 0 Å². The van der Waals surface area contributed by atoms with Crippen molar-refractivity contribution >= 4 is 48.9 Å². The molecule has 19 heavy (non-hydrogen) atoms. The van der Waals surface area contributed by atoms with E-state index in [0.29, 0.717) is 20.9 Å². The molecular weight excluding hydrogens is 352 g/mol. The topological polar surface area (TPSA) is 72.2 Å². The summed E-state index contributed by atoms with van der Waals surface area (Å²) in [6.07, 6.45) is 0. The van der Waals surface area contributed by atoms with E-state index in [2.05, 4.69) is 20.7 Å². The molecule has 0 unspecified atom stereocenters. The highest BCUT2D eigenvalue weighted by Gasteiger charge is 2.15. The second kappa shape index (κ2) is 5.40. The fraction of sp³-hybridized carbons (Fsp3) is 0. The van der Waals surface area contributed by atoms with Gasteiger partial charge in [-0.15, -0.1) is 0 Å². The van der Waals surface area contributed by atoms with E-state index in [1.165, 1.54) is 30.3 Å². The minimum atomic E-state index is -3.66. The van der Waals surface area contributed by atoms with Gasteiger partial charge in [-0.25, -0.2) is 8.42 Å². The second-order valence-electron chi connectivity index (χ2n) is 3.80. The molecule has 0 aromatic heterocycles. The van der Waals surface area contributed by atoms with E-state index in [1.807, 2.05) is 0 Å². The van der Waals surface area contributed by atoms with E-state index in [-0.39, 0.29) is 4.90 Å². The Morgan fingerprint density at radius 3 is 2.37 bits per heavy atom. The quantitative estimate of drug-likeness (QED) is 0.822. The fourth-order valence-electron chi connectivity index (χ4n) is 1.44. The number of anilines is 2. The van der Waals surface area contributed by atoms with Crippen LogP contribution in [0.25, 0.3) is 0 Å². The van der Waals surface area contributed by atoms with Crippen LogP contribution >= 0.6 is 27.5 Å². The molecule has 0 heterocycles. The average Bonchev–Trinajstić information content (AvgIpc) is 2.34. The molecule has 0 aliphatic carbocycles. The summed E-state index contributed by atoms with van der Waals surface area (Å²) in [7, 11) is -3.66. The number of nitrogens with one attached hydrogen (secondary N) is 1. The molecule has 0 saturated heterocycles. The SMILES string of the molecule is Nc1ccc(Br)c(NS(=O)(=O)c2ccc(Cl)cc2)c1. The smallest absolute Gasteiger partial charge is 0.261 e. The van der Waals surface area contributed by atoms with Gasteiger partial charge in [-0.3, -0.25) is 4.72 Å². The number of benzene rings is 2. The number of nitrogens with two attached hydrogens (primary N) is 1. The zero-order valence-corrected chi connectivity index (χ0v) is 12.8.